The maximum atomic E-state index is 13.4. The number of hydrogen-bond donors (Lipinski definition) is 2. The molecule has 2 nitrogen and oxygen atoms in total. The summed E-state index contributed by atoms with van der Waals surface area (Å²) in [6, 6.07) is 4.69. The van der Waals surface area contributed by atoms with Crippen molar-refractivity contribution in [3.05, 3.63) is 24.0 Å². The Morgan fingerprint density at radius 3 is 2.67 bits per heavy atom. The molecule has 0 aliphatic rings. The van der Waals surface area contributed by atoms with Crippen LogP contribution in [0, 0.1) is 5.82 Å². The van der Waals surface area contributed by atoms with Gasteiger partial charge in [0.05, 0.1) is 5.69 Å². The lowest BCUT2D eigenvalue weighted by Gasteiger charge is -2.23. The quantitative estimate of drug-likeness (QED) is 0.778. The van der Waals surface area contributed by atoms with E-state index in [2.05, 4.69) is 19.2 Å². The molecule has 4 heteroatoms. The topological polar surface area (TPSA) is 38.0 Å². The number of halogens is 1. The molecular weight excluding hydrogens is 211 g/mol. The first-order chi connectivity index (χ1) is 6.94. The monoisotopic (exact) mass is 228 g/mol. The van der Waals surface area contributed by atoms with Crippen molar-refractivity contribution in [3.63, 3.8) is 0 Å². The van der Waals surface area contributed by atoms with Gasteiger partial charge in [0.25, 0.3) is 0 Å². The molecule has 0 aliphatic carbocycles. The molecule has 0 saturated carbocycles. The van der Waals surface area contributed by atoms with Crippen LogP contribution in [0.1, 0.15) is 13.8 Å². The average Bonchev–Trinajstić information content (AvgIpc) is 2.16. The van der Waals surface area contributed by atoms with Gasteiger partial charge in [0.15, 0.2) is 0 Å². The third kappa shape index (κ3) is 3.63. The number of nitrogens with two attached hydrogens (primary N) is 1. The fraction of sp³-hybridized carbons (Fsp3) is 0.455. The molecule has 0 unspecified atom stereocenters. The van der Waals surface area contributed by atoms with Gasteiger partial charge in [0.2, 0.25) is 0 Å². The van der Waals surface area contributed by atoms with Crippen LogP contribution in [0.3, 0.4) is 0 Å². The van der Waals surface area contributed by atoms with Gasteiger partial charge < -0.3 is 11.1 Å². The molecule has 0 aliphatic heterocycles. The zero-order valence-corrected chi connectivity index (χ0v) is 10.1. The van der Waals surface area contributed by atoms with E-state index in [9.17, 15) is 4.39 Å². The minimum absolute atomic E-state index is 0.0911. The Balaban J connectivity index is 2.66. The number of nitrogens with one attached hydrogen (secondary N) is 1. The van der Waals surface area contributed by atoms with Gasteiger partial charge in [-0.1, -0.05) is 0 Å². The van der Waals surface area contributed by atoms with Crippen molar-refractivity contribution in [1.82, 2.24) is 0 Å². The van der Waals surface area contributed by atoms with Gasteiger partial charge in [-0.3, -0.25) is 0 Å². The van der Waals surface area contributed by atoms with Gasteiger partial charge >= 0.3 is 0 Å². The van der Waals surface area contributed by atoms with Gasteiger partial charge in [-0.15, -0.1) is 0 Å². The standard InChI is InChI=1S/C11H17FN2S/c1-11(2,15-3)7-14-10-5-4-8(13)6-9(10)12/h4-6,14H,7,13H2,1-3H3. The highest BCUT2D eigenvalue weighted by atomic mass is 32.2. The van der Waals surface area contributed by atoms with E-state index in [1.165, 1.54) is 6.07 Å². The normalized spacial score (nSPS) is 11.5. The Kier molecular flexibility index (Phi) is 3.85. The second-order valence-corrected chi connectivity index (χ2v) is 5.57. The summed E-state index contributed by atoms with van der Waals surface area (Å²) in [7, 11) is 0. The minimum Gasteiger partial charge on any atom is -0.399 e. The van der Waals surface area contributed by atoms with Crippen molar-refractivity contribution in [2.24, 2.45) is 0 Å². The lowest BCUT2D eigenvalue weighted by atomic mass is 10.2. The Morgan fingerprint density at radius 2 is 2.13 bits per heavy atom. The van der Waals surface area contributed by atoms with Crippen LogP contribution in [0.4, 0.5) is 15.8 Å². The molecule has 84 valence electrons. The van der Waals surface area contributed by atoms with Gasteiger partial charge in [-0.2, -0.15) is 11.8 Å². The molecule has 15 heavy (non-hydrogen) atoms. The van der Waals surface area contributed by atoms with Crippen LogP contribution < -0.4 is 11.1 Å². The van der Waals surface area contributed by atoms with E-state index in [1.54, 1.807) is 23.9 Å². The summed E-state index contributed by atoms with van der Waals surface area (Å²) in [6.07, 6.45) is 2.04. The van der Waals surface area contributed by atoms with Crippen LogP contribution in [0.5, 0.6) is 0 Å². The molecule has 1 rings (SSSR count). The van der Waals surface area contributed by atoms with Crippen molar-refractivity contribution in [2.45, 2.75) is 18.6 Å². The maximum absolute atomic E-state index is 13.4. The van der Waals surface area contributed by atoms with Gasteiger partial charge in [0.1, 0.15) is 5.82 Å². The van der Waals surface area contributed by atoms with Crippen LogP contribution in [-0.4, -0.2) is 17.5 Å². The SMILES string of the molecule is CSC(C)(C)CNc1ccc(N)cc1F. The summed E-state index contributed by atoms with van der Waals surface area (Å²) in [5.41, 5.74) is 6.42. The van der Waals surface area contributed by atoms with Crippen molar-refractivity contribution in [3.8, 4) is 0 Å². The van der Waals surface area contributed by atoms with E-state index in [0.717, 1.165) is 6.54 Å². The lowest BCUT2D eigenvalue weighted by Crippen LogP contribution is -2.26. The zero-order valence-electron chi connectivity index (χ0n) is 9.30. The molecular formula is C11H17FN2S. The molecule has 0 saturated heterocycles. The Bertz CT molecular complexity index is 339. The lowest BCUT2D eigenvalue weighted by molar-refractivity contribution is 0.628. The van der Waals surface area contributed by atoms with Crippen molar-refractivity contribution < 1.29 is 4.39 Å². The Labute approximate surface area is 94.4 Å². The number of anilines is 2. The van der Waals surface area contributed by atoms with E-state index in [-0.39, 0.29) is 10.6 Å². The molecule has 0 atom stereocenters. The third-order valence-corrected chi connectivity index (χ3v) is 3.50. The van der Waals surface area contributed by atoms with Crippen LogP contribution in [0.15, 0.2) is 18.2 Å². The number of nitrogen functional groups attached to an aromatic ring is 1. The fourth-order valence-corrected chi connectivity index (χ4v) is 1.27. The first kappa shape index (κ1) is 12.2. The molecule has 1 aromatic rings. The first-order valence-corrected chi connectivity index (χ1v) is 6.01. The van der Waals surface area contributed by atoms with E-state index in [4.69, 9.17) is 5.73 Å². The van der Waals surface area contributed by atoms with Crippen LogP contribution in [-0.2, 0) is 0 Å². The van der Waals surface area contributed by atoms with Crippen LogP contribution in [0.2, 0.25) is 0 Å². The number of rotatable bonds is 4. The highest BCUT2D eigenvalue weighted by molar-refractivity contribution is 7.99. The molecule has 0 heterocycles. The number of hydrogen-bond acceptors (Lipinski definition) is 3. The van der Waals surface area contributed by atoms with E-state index < -0.39 is 0 Å². The molecule has 0 radical (unpaired) electrons. The minimum atomic E-state index is -0.299. The van der Waals surface area contributed by atoms with E-state index in [0.29, 0.717) is 11.4 Å². The summed E-state index contributed by atoms with van der Waals surface area (Å²) in [4.78, 5) is 0. The summed E-state index contributed by atoms with van der Waals surface area (Å²) in [6.45, 7) is 4.94. The zero-order chi connectivity index (χ0) is 11.5. The van der Waals surface area contributed by atoms with E-state index >= 15 is 0 Å². The number of benzene rings is 1. The summed E-state index contributed by atoms with van der Waals surface area (Å²) >= 11 is 1.75. The van der Waals surface area contributed by atoms with Gasteiger partial charge in [-0.25, -0.2) is 4.39 Å². The predicted octanol–water partition coefficient (Wildman–Crippen LogP) is 2.96. The molecule has 0 bridgehead atoms. The molecule has 0 aromatic heterocycles. The summed E-state index contributed by atoms with van der Waals surface area (Å²) in [5, 5.41) is 3.08. The largest absolute Gasteiger partial charge is 0.399 e. The maximum Gasteiger partial charge on any atom is 0.148 e. The highest BCUT2D eigenvalue weighted by Gasteiger charge is 2.16. The molecule has 0 fully saturated rings. The van der Waals surface area contributed by atoms with Gasteiger partial charge in [-0.05, 0) is 38.3 Å². The first-order valence-electron chi connectivity index (χ1n) is 4.79. The van der Waals surface area contributed by atoms with Gasteiger partial charge in [0, 0.05) is 17.0 Å². The molecule has 0 amide bonds. The van der Waals surface area contributed by atoms with Crippen LogP contribution in [0.25, 0.3) is 0 Å². The average molecular weight is 228 g/mol. The van der Waals surface area contributed by atoms with Crippen molar-refractivity contribution in [1.29, 1.82) is 0 Å². The fourth-order valence-electron chi connectivity index (χ4n) is 1.05. The predicted molar refractivity (Wildman–Crippen MR) is 66.9 cm³/mol. The summed E-state index contributed by atoms with van der Waals surface area (Å²) in [5.74, 6) is -0.299. The second-order valence-electron chi connectivity index (χ2n) is 4.06. The van der Waals surface area contributed by atoms with E-state index in [1.807, 2.05) is 6.26 Å². The summed E-state index contributed by atoms with van der Waals surface area (Å²) < 4.78 is 13.5. The second kappa shape index (κ2) is 4.75. The Morgan fingerprint density at radius 1 is 1.47 bits per heavy atom. The number of thioether (sulfide) groups is 1. The van der Waals surface area contributed by atoms with Crippen molar-refractivity contribution >= 4 is 23.1 Å². The molecule has 1 aromatic carbocycles. The van der Waals surface area contributed by atoms with Crippen LogP contribution >= 0.6 is 11.8 Å². The molecule has 3 N–H and O–H groups in total. The molecule has 0 spiro atoms. The highest BCUT2D eigenvalue weighted by Crippen LogP contribution is 2.23. The Hall–Kier alpha value is -0.900. The van der Waals surface area contributed by atoms with Crippen molar-refractivity contribution in [2.75, 3.05) is 23.9 Å². The third-order valence-electron chi connectivity index (χ3n) is 2.25. The smallest absolute Gasteiger partial charge is 0.148 e.